The lowest BCUT2D eigenvalue weighted by atomic mass is 10.1. The van der Waals surface area contributed by atoms with Crippen LogP contribution in [0.15, 0.2) is 24.3 Å². The van der Waals surface area contributed by atoms with E-state index in [-0.39, 0.29) is 6.04 Å². The molecule has 0 saturated carbocycles. The molecule has 0 spiro atoms. The van der Waals surface area contributed by atoms with Gasteiger partial charge < -0.3 is 5.73 Å². The van der Waals surface area contributed by atoms with Crippen molar-refractivity contribution in [3.05, 3.63) is 35.4 Å². The van der Waals surface area contributed by atoms with Crippen molar-refractivity contribution >= 4 is 11.8 Å². The summed E-state index contributed by atoms with van der Waals surface area (Å²) in [5.41, 5.74) is 8.72. The second kappa shape index (κ2) is 7.75. The summed E-state index contributed by atoms with van der Waals surface area (Å²) in [6.45, 7) is 4.35. The maximum absolute atomic E-state index is 6.16. The monoisotopic (exact) mass is 237 g/mol. The molecule has 0 aliphatic heterocycles. The Labute approximate surface area is 104 Å². The molecular formula is C14H23NS. The van der Waals surface area contributed by atoms with Gasteiger partial charge in [0.1, 0.15) is 0 Å². The number of hydrogen-bond donors (Lipinski definition) is 1. The van der Waals surface area contributed by atoms with Crippen molar-refractivity contribution in [2.24, 2.45) is 5.73 Å². The maximum Gasteiger partial charge on any atom is 0.0386 e. The van der Waals surface area contributed by atoms with Crippen LogP contribution >= 0.6 is 11.8 Å². The molecule has 90 valence electrons. The molecule has 0 saturated heterocycles. The SMILES string of the molecule is CCCCCSCC(N)c1cccc(C)c1. The minimum atomic E-state index is 0.187. The molecule has 2 N–H and O–H groups in total. The Hall–Kier alpha value is -0.470. The average Bonchev–Trinajstić information content (AvgIpc) is 2.28. The van der Waals surface area contributed by atoms with Crippen LogP contribution in [0.1, 0.15) is 43.4 Å². The predicted molar refractivity (Wildman–Crippen MR) is 75.0 cm³/mol. The number of aryl methyl sites for hydroxylation is 1. The maximum atomic E-state index is 6.16. The van der Waals surface area contributed by atoms with E-state index in [0.29, 0.717) is 0 Å². The van der Waals surface area contributed by atoms with Gasteiger partial charge in [0.2, 0.25) is 0 Å². The van der Waals surface area contributed by atoms with Crippen LogP contribution in [0.4, 0.5) is 0 Å². The van der Waals surface area contributed by atoms with E-state index in [1.807, 2.05) is 11.8 Å². The zero-order valence-corrected chi connectivity index (χ0v) is 11.2. The summed E-state index contributed by atoms with van der Waals surface area (Å²) in [6.07, 6.45) is 3.96. The summed E-state index contributed by atoms with van der Waals surface area (Å²) in [5, 5.41) is 0. The lowest BCUT2D eigenvalue weighted by Gasteiger charge is -2.12. The van der Waals surface area contributed by atoms with Crippen LogP contribution in [0.25, 0.3) is 0 Å². The summed E-state index contributed by atoms with van der Waals surface area (Å²) in [4.78, 5) is 0. The highest BCUT2D eigenvalue weighted by Crippen LogP contribution is 2.18. The van der Waals surface area contributed by atoms with Crippen LogP contribution in [0, 0.1) is 6.92 Å². The van der Waals surface area contributed by atoms with Crippen LogP contribution in [-0.4, -0.2) is 11.5 Å². The van der Waals surface area contributed by atoms with Crippen LogP contribution in [0.2, 0.25) is 0 Å². The highest BCUT2D eigenvalue weighted by molar-refractivity contribution is 7.99. The van der Waals surface area contributed by atoms with Crippen LogP contribution < -0.4 is 5.73 Å². The van der Waals surface area contributed by atoms with Crippen molar-refractivity contribution < 1.29 is 0 Å². The third kappa shape index (κ3) is 5.04. The first-order valence-electron chi connectivity index (χ1n) is 6.14. The highest BCUT2D eigenvalue weighted by Gasteiger charge is 2.05. The Bertz CT molecular complexity index is 299. The normalized spacial score (nSPS) is 12.7. The summed E-state index contributed by atoms with van der Waals surface area (Å²) in [7, 11) is 0. The fourth-order valence-electron chi connectivity index (χ4n) is 1.66. The molecule has 0 aliphatic rings. The molecule has 1 nitrogen and oxygen atoms in total. The molecule has 16 heavy (non-hydrogen) atoms. The fourth-order valence-corrected chi connectivity index (χ4v) is 2.68. The van der Waals surface area contributed by atoms with Gasteiger partial charge in [-0.15, -0.1) is 0 Å². The van der Waals surface area contributed by atoms with Crippen LogP contribution in [0.3, 0.4) is 0 Å². The first-order valence-corrected chi connectivity index (χ1v) is 7.29. The van der Waals surface area contributed by atoms with E-state index in [2.05, 4.69) is 38.1 Å². The Balaban J connectivity index is 2.27. The van der Waals surface area contributed by atoms with Gasteiger partial charge in [0, 0.05) is 11.8 Å². The molecule has 0 bridgehead atoms. The van der Waals surface area contributed by atoms with Crippen LogP contribution in [-0.2, 0) is 0 Å². The average molecular weight is 237 g/mol. The molecule has 1 unspecified atom stereocenters. The lowest BCUT2D eigenvalue weighted by molar-refractivity contribution is 0.775. The molecule has 0 aliphatic carbocycles. The second-order valence-electron chi connectivity index (χ2n) is 4.30. The van der Waals surface area contributed by atoms with E-state index in [4.69, 9.17) is 5.73 Å². The van der Waals surface area contributed by atoms with E-state index in [9.17, 15) is 0 Å². The van der Waals surface area contributed by atoms with Crippen LogP contribution in [0.5, 0.6) is 0 Å². The van der Waals surface area contributed by atoms with Gasteiger partial charge in [-0.2, -0.15) is 11.8 Å². The van der Waals surface area contributed by atoms with E-state index in [1.165, 1.54) is 36.1 Å². The molecule has 0 aromatic heterocycles. The largest absolute Gasteiger partial charge is 0.323 e. The smallest absolute Gasteiger partial charge is 0.0386 e. The zero-order chi connectivity index (χ0) is 11.8. The minimum absolute atomic E-state index is 0.187. The number of thioether (sulfide) groups is 1. The summed E-state index contributed by atoms with van der Waals surface area (Å²) in [5.74, 6) is 2.28. The number of unbranched alkanes of at least 4 members (excludes halogenated alkanes) is 2. The van der Waals surface area contributed by atoms with Gasteiger partial charge in [0.05, 0.1) is 0 Å². The summed E-state index contributed by atoms with van der Waals surface area (Å²) < 4.78 is 0. The molecule has 2 heteroatoms. The number of nitrogens with two attached hydrogens (primary N) is 1. The predicted octanol–water partition coefficient (Wildman–Crippen LogP) is 3.92. The molecular weight excluding hydrogens is 214 g/mol. The van der Waals surface area contributed by atoms with Gasteiger partial charge in [-0.25, -0.2) is 0 Å². The number of hydrogen-bond acceptors (Lipinski definition) is 2. The van der Waals surface area contributed by atoms with Crippen molar-refractivity contribution in [3.8, 4) is 0 Å². The highest BCUT2D eigenvalue weighted by atomic mass is 32.2. The van der Waals surface area contributed by atoms with Crippen molar-refractivity contribution in [1.29, 1.82) is 0 Å². The van der Waals surface area contributed by atoms with Gasteiger partial charge in [0.15, 0.2) is 0 Å². The zero-order valence-electron chi connectivity index (χ0n) is 10.4. The van der Waals surface area contributed by atoms with Crippen molar-refractivity contribution in [2.75, 3.05) is 11.5 Å². The molecule has 1 aromatic rings. The summed E-state index contributed by atoms with van der Waals surface area (Å²) in [6, 6.07) is 8.71. The van der Waals surface area contributed by atoms with Gasteiger partial charge in [-0.3, -0.25) is 0 Å². The van der Waals surface area contributed by atoms with Gasteiger partial charge >= 0.3 is 0 Å². The molecule has 0 heterocycles. The topological polar surface area (TPSA) is 26.0 Å². The quantitative estimate of drug-likeness (QED) is 0.727. The molecule has 0 radical (unpaired) electrons. The van der Waals surface area contributed by atoms with Gasteiger partial charge in [-0.1, -0.05) is 49.6 Å². The van der Waals surface area contributed by atoms with Gasteiger partial charge in [0.25, 0.3) is 0 Å². The second-order valence-corrected chi connectivity index (χ2v) is 5.45. The minimum Gasteiger partial charge on any atom is -0.323 e. The van der Waals surface area contributed by atoms with E-state index in [1.54, 1.807) is 0 Å². The third-order valence-corrected chi connectivity index (χ3v) is 3.83. The van der Waals surface area contributed by atoms with Crippen molar-refractivity contribution in [3.63, 3.8) is 0 Å². The number of rotatable bonds is 7. The first-order chi connectivity index (χ1) is 7.74. The molecule has 1 aromatic carbocycles. The van der Waals surface area contributed by atoms with E-state index >= 15 is 0 Å². The Morgan fingerprint density at radius 3 is 2.81 bits per heavy atom. The van der Waals surface area contributed by atoms with Crippen molar-refractivity contribution in [2.45, 2.75) is 39.2 Å². The molecule has 0 amide bonds. The molecule has 1 atom stereocenters. The lowest BCUT2D eigenvalue weighted by Crippen LogP contribution is -2.13. The van der Waals surface area contributed by atoms with Crippen molar-refractivity contribution in [1.82, 2.24) is 0 Å². The Morgan fingerprint density at radius 1 is 1.31 bits per heavy atom. The van der Waals surface area contributed by atoms with E-state index in [0.717, 1.165) is 5.75 Å². The van der Waals surface area contributed by atoms with E-state index < -0.39 is 0 Å². The molecule has 0 fully saturated rings. The fraction of sp³-hybridized carbons (Fsp3) is 0.571. The summed E-state index contributed by atoms with van der Waals surface area (Å²) >= 11 is 1.98. The van der Waals surface area contributed by atoms with Gasteiger partial charge in [-0.05, 0) is 24.7 Å². The molecule has 1 rings (SSSR count). The third-order valence-electron chi connectivity index (χ3n) is 2.66. The standard InChI is InChI=1S/C14H23NS/c1-3-4-5-9-16-11-14(15)13-8-6-7-12(2)10-13/h6-8,10,14H,3-5,9,11,15H2,1-2H3. The Kier molecular flexibility index (Phi) is 6.58. The first kappa shape index (κ1) is 13.6. The Morgan fingerprint density at radius 2 is 2.12 bits per heavy atom. The number of benzene rings is 1.